The molecule has 7 nitrogen and oxygen atoms in total. The summed E-state index contributed by atoms with van der Waals surface area (Å²) < 4.78 is 30.8. The normalized spacial score (nSPS) is 14.2. The van der Waals surface area contributed by atoms with E-state index in [1.54, 1.807) is 12.2 Å². The maximum atomic E-state index is 12.0. The first-order valence-electron chi connectivity index (χ1n) is 10.6. The van der Waals surface area contributed by atoms with Gasteiger partial charge in [0, 0.05) is 20.0 Å². The summed E-state index contributed by atoms with van der Waals surface area (Å²) >= 11 is 0. The first kappa shape index (κ1) is 27.6. The molecule has 1 N–H and O–H groups in total. The van der Waals surface area contributed by atoms with Crippen LogP contribution in [0.1, 0.15) is 78.6 Å². The molecule has 2 unspecified atom stereocenters. The van der Waals surface area contributed by atoms with Gasteiger partial charge in [0.2, 0.25) is 10.0 Å². The van der Waals surface area contributed by atoms with Gasteiger partial charge in [0.1, 0.15) is 6.10 Å². The standard InChI is InChI=1S/C21H39NO6S/c1-5-7-9-14-20(28-18(3)23)15-12-17-22(29(4,26)27)16-11-8-10-13-19(6-2)21(24)25/h12,15,19-20H,5-11,13-14,16-17H2,1-4H3,(H,24,25)/b15-12+. The van der Waals surface area contributed by atoms with Crippen molar-refractivity contribution in [2.75, 3.05) is 19.3 Å². The van der Waals surface area contributed by atoms with E-state index in [0.29, 0.717) is 25.8 Å². The molecule has 0 saturated heterocycles. The number of carbonyl (C=O) groups is 2. The van der Waals surface area contributed by atoms with Gasteiger partial charge in [-0.15, -0.1) is 0 Å². The molecular weight excluding hydrogens is 394 g/mol. The van der Waals surface area contributed by atoms with Gasteiger partial charge in [-0.3, -0.25) is 9.59 Å². The highest BCUT2D eigenvalue weighted by Gasteiger charge is 2.17. The number of unbranched alkanes of at least 4 members (excludes halogenated alkanes) is 4. The number of carbonyl (C=O) groups excluding carboxylic acids is 1. The topological polar surface area (TPSA) is 101 Å². The molecule has 0 bridgehead atoms. The maximum Gasteiger partial charge on any atom is 0.306 e. The molecule has 0 heterocycles. The van der Waals surface area contributed by atoms with Crippen LogP contribution in [0.15, 0.2) is 12.2 Å². The summed E-state index contributed by atoms with van der Waals surface area (Å²) in [5.74, 6) is -1.44. The van der Waals surface area contributed by atoms with Crippen LogP contribution in [0.25, 0.3) is 0 Å². The average Bonchev–Trinajstić information content (AvgIpc) is 2.61. The van der Waals surface area contributed by atoms with Crippen LogP contribution in [0, 0.1) is 5.92 Å². The zero-order chi connectivity index (χ0) is 22.3. The van der Waals surface area contributed by atoms with E-state index in [9.17, 15) is 18.0 Å². The second-order valence-electron chi connectivity index (χ2n) is 7.49. The van der Waals surface area contributed by atoms with Crippen LogP contribution in [-0.4, -0.2) is 55.2 Å². The minimum Gasteiger partial charge on any atom is -0.481 e. The van der Waals surface area contributed by atoms with Gasteiger partial charge < -0.3 is 9.84 Å². The van der Waals surface area contributed by atoms with E-state index in [1.807, 2.05) is 6.92 Å². The van der Waals surface area contributed by atoms with Crippen molar-refractivity contribution in [1.29, 1.82) is 0 Å². The summed E-state index contributed by atoms with van der Waals surface area (Å²) in [6, 6.07) is 0. The summed E-state index contributed by atoms with van der Waals surface area (Å²) in [6.45, 7) is 5.96. The molecule has 0 aliphatic rings. The summed E-state index contributed by atoms with van der Waals surface area (Å²) in [6.07, 6.45) is 11.6. The smallest absolute Gasteiger partial charge is 0.306 e. The molecule has 0 rings (SSSR count). The van der Waals surface area contributed by atoms with Crippen LogP contribution in [0.5, 0.6) is 0 Å². The summed E-state index contributed by atoms with van der Waals surface area (Å²) in [5.41, 5.74) is 0. The van der Waals surface area contributed by atoms with Crippen molar-refractivity contribution in [2.45, 2.75) is 84.7 Å². The molecule has 0 aromatic heterocycles. The van der Waals surface area contributed by atoms with Gasteiger partial charge in [-0.05, 0) is 38.2 Å². The number of carboxylic acids is 1. The van der Waals surface area contributed by atoms with Crippen molar-refractivity contribution in [1.82, 2.24) is 4.31 Å². The van der Waals surface area contributed by atoms with E-state index in [2.05, 4.69) is 6.92 Å². The van der Waals surface area contributed by atoms with Gasteiger partial charge in [0.15, 0.2) is 0 Å². The summed E-state index contributed by atoms with van der Waals surface area (Å²) in [5, 5.41) is 9.06. The van der Waals surface area contributed by atoms with Crippen molar-refractivity contribution in [3.05, 3.63) is 12.2 Å². The first-order valence-corrected chi connectivity index (χ1v) is 12.5. The summed E-state index contributed by atoms with van der Waals surface area (Å²) in [7, 11) is -3.35. The molecular formula is C21H39NO6S. The number of hydrogen-bond donors (Lipinski definition) is 1. The van der Waals surface area contributed by atoms with Crippen LogP contribution >= 0.6 is 0 Å². The van der Waals surface area contributed by atoms with Crippen molar-refractivity contribution in [2.24, 2.45) is 5.92 Å². The van der Waals surface area contributed by atoms with Gasteiger partial charge in [0.25, 0.3) is 0 Å². The van der Waals surface area contributed by atoms with Crippen molar-refractivity contribution < 1.29 is 27.9 Å². The third kappa shape index (κ3) is 14.3. The van der Waals surface area contributed by atoms with Crippen molar-refractivity contribution in [3.63, 3.8) is 0 Å². The first-order chi connectivity index (χ1) is 13.6. The molecule has 0 aromatic carbocycles. The van der Waals surface area contributed by atoms with E-state index in [4.69, 9.17) is 9.84 Å². The Balaban J connectivity index is 4.57. The van der Waals surface area contributed by atoms with Gasteiger partial charge in [-0.25, -0.2) is 8.42 Å². The second kappa shape index (κ2) is 15.4. The zero-order valence-corrected chi connectivity index (χ0v) is 19.2. The number of aliphatic carboxylic acids is 1. The number of esters is 1. The lowest BCUT2D eigenvalue weighted by molar-refractivity contribution is -0.144. The van der Waals surface area contributed by atoms with E-state index in [1.165, 1.54) is 17.5 Å². The second-order valence-corrected chi connectivity index (χ2v) is 9.47. The molecule has 0 aliphatic heterocycles. The molecule has 29 heavy (non-hydrogen) atoms. The number of carboxylic acid groups (broad SMARTS) is 1. The molecule has 0 amide bonds. The largest absolute Gasteiger partial charge is 0.481 e. The quantitative estimate of drug-likeness (QED) is 0.211. The molecule has 0 spiro atoms. The lowest BCUT2D eigenvalue weighted by atomic mass is 9.99. The SMILES string of the molecule is CCCCCC(/C=C/CN(CCCCCC(CC)C(=O)O)S(C)(=O)=O)OC(C)=O. The van der Waals surface area contributed by atoms with E-state index >= 15 is 0 Å². The molecule has 0 aromatic rings. The number of sulfonamides is 1. The fourth-order valence-corrected chi connectivity index (χ4v) is 3.90. The van der Waals surface area contributed by atoms with Crippen LogP contribution in [0.4, 0.5) is 0 Å². The minimum atomic E-state index is -3.35. The fraction of sp³-hybridized carbons (Fsp3) is 0.810. The molecule has 2 atom stereocenters. The number of rotatable bonds is 17. The summed E-state index contributed by atoms with van der Waals surface area (Å²) in [4.78, 5) is 22.3. The highest BCUT2D eigenvalue weighted by molar-refractivity contribution is 7.88. The molecule has 8 heteroatoms. The number of nitrogens with zero attached hydrogens (tertiary/aromatic N) is 1. The Morgan fingerprint density at radius 3 is 2.24 bits per heavy atom. The lowest BCUT2D eigenvalue weighted by Gasteiger charge is -2.19. The Morgan fingerprint density at radius 2 is 1.72 bits per heavy atom. The lowest BCUT2D eigenvalue weighted by Crippen LogP contribution is -2.31. The Kier molecular flexibility index (Phi) is 14.7. The third-order valence-electron chi connectivity index (χ3n) is 4.84. The Bertz CT molecular complexity index is 602. The highest BCUT2D eigenvalue weighted by Crippen LogP contribution is 2.15. The molecule has 0 fully saturated rings. The van der Waals surface area contributed by atoms with Crippen LogP contribution in [0.2, 0.25) is 0 Å². The number of hydrogen-bond acceptors (Lipinski definition) is 5. The molecule has 0 saturated carbocycles. The van der Waals surface area contributed by atoms with Crippen molar-refractivity contribution in [3.8, 4) is 0 Å². The Hall–Kier alpha value is -1.41. The zero-order valence-electron chi connectivity index (χ0n) is 18.4. The highest BCUT2D eigenvalue weighted by atomic mass is 32.2. The minimum absolute atomic E-state index is 0.233. The van der Waals surface area contributed by atoms with Gasteiger partial charge in [-0.2, -0.15) is 4.31 Å². The van der Waals surface area contributed by atoms with E-state index in [-0.39, 0.29) is 24.5 Å². The average molecular weight is 434 g/mol. The predicted octanol–water partition coefficient (Wildman–Crippen LogP) is 3.99. The number of ether oxygens (including phenoxy) is 1. The van der Waals surface area contributed by atoms with E-state index < -0.39 is 16.0 Å². The molecule has 0 aliphatic carbocycles. The van der Waals surface area contributed by atoms with E-state index in [0.717, 1.165) is 38.5 Å². The fourth-order valence-electron chi connectivity index (χ4n) is 3.08. The third-order valence-corrected chi connectivity index (χ3v) is 6.11. The monoisotopic (exact) mass is 433 g/mol. The maximum absolute atomic E-state index is 12.0. The van der Waals surface area contributed by atoms with Crippen molar-refractivity contribution >= 4 is 22.0 Å². The Morgan fingerprint density at radius 1 is 1.07 bits per heavy atom. The van der Waals surface area contributed by atoms with Crippen LogP contribution < -0.4 is 0 Å². The van der Waals surface area contributed by atoms with Crippen LogP contribution in [0.3, 0.4) is 0 Å². The van der Waals surface area contributed by atoms with Gasteiger partial charge in [-0.1, -0.05) is 45.6 Å². The predicted molar refractivity (Wildman–Crippen MR) is 115 cm³/mol. The molecule has 170 valence electrons. The van der Waals surface area contributed by atoms with Crippen LogP contribution in [-0.2, 0) is 24.3 Å². The molecule has 0 radical (unpaired) electrons. The van der Waals surface area contributed by atoms with Gasteiger partial charge >= 0.3 is 11.9 Å². The Labute approximate surface area is 176 Å². The van der Waals surface area contributed by atoms with Gasteiger partial charge in [0.05, 0.1) is 12.2 Å².